The second-order valence-electron chi connectivity index (χ2n) is 4.00. The Bertz CT molecular complexity index is 639. The number of rotatable bonds is 5. The molecule has 5 heteroatoms. The third kappa shape index (κ3) is 3.35. The molecule has 2 aromatic carbocycles. The number of carboxylic acids is 1. The Labute approximate surface area is 116 Å². The molecule has 0 saturated heterocycles. The molecule has 0 amide bonds. The number of carboxylic acid groups (broad SMARTS) is 1. The van der Waals surface area contributed by atoms with Gasteiger partial charge in [-0.2, -0.15) is 5.10 Å². The van der Waals surface area contributed by atoms with Gasteiger partial charge in [0, 0.05) is 0 Å². The van der Waals surface area contributed by atoms with Crippen LogP contribution in [0.2, 0.25) is 0 Å². The first-order valence-corrected chi connectivity index (χ1v) is 5.96. The van der Waals surface area contributed by atoms with Crippen molar-refractivity contribution < 1.29 is 14.6 Å². The minimum Gasteiger partial charge on any atom is -0.497 e. The van der Waals surface area contributed by atoms with Gasteiger partial charge in [-0.25, -0.2) is 4.79 Å². The molecule has 0 spiro atoms. The minimum absolute atomic E-state index is 0.176. The lowest BCUT2D eigenvalue weighted by molar-refractivity contribution is 0.0698. The summed E-state index contributed by atoms with van der Waals surface area (Å²) in [4.78, 5) is 11.0. The van der Waals surface area contributed by atoms with Crippen molar-refractivity contribution in [2.45, 2.75) is 0 Å². The van der Waals surface area contributed by atoms with Crippen molar-refractivity contribution in [3.05, 3.63) is 59.7 Å². The number of anilines is 1. The molecule has 2 aromatic rings. The third-order valence-electron chi connectivity index (χ3n) is 2.65. The summed E-state index contributed by atoms with van der Waals surface area (Å²) in [5.41, 5.74) is 4.20. The van der Waals surface area contributed by atoms with Gasteiger partial charge in [0.1, 0.15) is 5.75 Å². The van der Waals surface area contributed by atoms with Gasteiger partial charge in [0.2, 0.25) is 0 Å². The zero-order valence-corrected chi connectivity index (χ0v) is 10.9. The number of hydrazone groups is 1. The van der Waals surface area contributed by atoms with E-state index in [1.807, 2.05) is 24.3 Å². The molecule has 0 heterocycles. The lowest BCUT2D eigenvalue weighted by Gasteiger charge is -2.04. The van der Waals surface area contributed by atoms with Crippen LogP contribution in [0.3, 0.4) is 0 Å². The molecule has 0 radical (unpaired) electrons. The monoisotopic (exact) mass is 270 g/mol. The molecule has 0 saturated carbocycles. The molecule has 0 bridgehead atoms. The summed E-state index contributed by atoms with van der Waals surface area (Å²) < 4.78 is 5.11. The van der Waals surface area contributed by atoms with Crippen molar-refractivity contribution in [3.8, 4) is 5.75 Å². The second-order valence-corrected chi connectivity index (χ2v) is 4.00. The Morgan fingerprint density at radius 3 is 2.80 bits per heavy atom. The first kappa shape index (κ1) is 13.6. The van der Waals surface area contributed by atoms with Crippen LogP contribution in [0, 0.1) is 0 Å². The van der Waals surface area contributed by atoms with E-state index in [1.165, 1.54) is 6.07 Å². The molecule has 102 valence electrons. The number of hydrogen-bond donors (Lipinski definition) is 2. The summed E-state index contributed by atoms with van der Waals surface area (Å²) >= 11 is 0. The van der Waals surface area contributed by atoms with Gasteiger partial charge in [-0.1, -0.05) is 24.3 Å². The summed E-state index contributed by atoms with van der Waals surface area (Å²) in [5.74, 6) is -0.260. The van der Waals surface area contributed by atoms with Crippen molar-refractivity contribution >= 4 is 17.9 Å². The Morgan fingerprint density at radius 1 is 1.25 bits per heavy atom. The molecule has 0 aromatic heterocycles. The number of hydrogen-bond acceptors (Lipinski definition) is 4. The number of aromatic carboxylic acids is 1. The maximum Gasteiger partial charge on any atom is 0.337 e. The van der Waals surface area contributed by atoms with Crippen LogP contribution in [-0.4, -0.2) is 24.4 Å². The van der Waals surface area contributed by atoms with E-state index < -0.39 is 5.97 Å². The second kappa shape index (κ2) is 6.38. The van der Waals surface area contributed by atoms with E-state index in [-0.39, 0.29) is 5.56 Å². The number of methoxy groups -OCH3 is 1. The van der Waals surface area contributed by atoms with Crippen LogP contribution in [-0.2, 0) is 0 Å². The largest absolute Gasteiger partial charge is 0.497 e. The predicted octanol–water partition coefficient (Wildman–Crippen LogP) is 2.84. The lowest BCUT2D eigenvalue weighted by Crippen LogP contribution is -2.02. The van der Waals surface area contributed by atoms with Crippen molar-refractivity contribution in [1.29, 1.82) is 0 Å². The number of carbonyl (C=O) groups is 1. The molecule has 0 fully saturated rings. The molecular formula is C15H14N2O3. The molecule has 2 N–H and O–H groups in total. The van der Waals surface area contributed by atoms with E-state index in [0.717, 1.165) is 11.3 Å². The van der Waals surface area contributed by atoms with Gasteiger partial charge in [-0.15, -0.1) is 0 Å². The Balaban J connectivity index is 2.12. The normalized spacial score (nSPS) is 10.4. The zero-order valence-electron chi connectivity index (χ0n) is 10.9. The standard InChI is InChI=1S/C15H14N2O3/c1-20-12-6-4-5-11(9-12)10-16-17-14-8-3-2-7-13(14)15(18)19/h2-10,17H,1H3,(H,18,19). The smallest absolute Gasteiger partial charge is 0.337 e. The average Bonchev–Trinajstić information content (AvgIpc) is 2.48. The lowest BCUT2D eigenvalue weighted by atomic mass is 10.2. The number of benzene rings is 2. The van der Waals surface area contributed by atoms with Gasteiger partial charge in [0.15, 0.2) is 0 Å². The van der Waals surface area contributed by atoms with E-state index in [0.29, 0.717) is 5.69 Å². The van der Waals surface area contributed by atoms with Crippen molar-refractivity contribution in [2.24, 2.45) is 5.10 Å². The van der Waals surface area contributed by atoms with Crippen molar-refractivity contribution in [1.82, 2.24) is 0 Å². The van der Waals surface area contributed by atoms with Gasteiger partial charge < -0.3 is 9.84 Å². The summed E-state index contributed by atoms with van der Waals surface area (Å²) in [7, 11) is 1.59. The van der Waals surface area contributed by atoms with Gasteiger partial charge in [0.05, 0.1) is 24.6 Å². The maximum absolute atomic E-state index is 11.0. The molecule has 0 atom stereocenters. The van der Waals surface area contributed by atoms with E-state index in [1.54, 1.807) is 31.5 Å². The summed E-state index contributed by atoms with van der Waals surface area (Å²) in [5, 5.41) is 13.1. The first-order valence-electron chi connectivity index (χ1n) is 5.96. The molecule has 20 heavy (non-hydrogen) atoms. The quantitative estimate of drug-likeness (QED) is 0.647. The summed E-state index contributed by atoms with van der Waals surface area (Å²) in [6.45, 7) is 0. The summed E-state index contributed by atoms with van der Waals surface area (Å²) in [6.07, 6.45) is 1.60. The fourth-order valence-corrected chi connectivity index (χ4v) is 1.67. The van der Waals surface area contributed by atoms with Gasteiger partial charge >= 0.3 is 5.97 Å². The molecule has 0 unspecified atom stereocenters. The SMILES string of the molecule is COc1cccc(C=NNc2ccccc2C(=O)O)c1. The van der Waals surface area contributed by atoms with Crippen LogP contribution >= 0.6 is 0 Å². The molecule has 5 nitrogen and oxygen atoms in total. The fourth-order valence-electron chi connectivity index (χ4n) is 1.67. The predicted molar refractivity (Wildman–Crippen MR) is 77.6 cm³/mol. The van der Waals surface area contributed by atoms with E-state index in [4.69, 9.17) is 9.84 Å². The highest BCUT2D eigenvalue weighted by Crippen LogP contribution is 2.15. The highest BCUT2D eigenvalue weighted by Gasteiger charge is 2.07. The molecular weight excluding hydrogens is 256 g/mol. The molecule has 0 aliphatic carbocycles. The number of nitrogens with one attached hydrogen (secondary N) is 1. The van der Waals surface area contributed by atoms with E-state index in [9.17, 15) is 4.79 Å². The highest BCUT2D eigenvalue weighted by molar-refractivity contribution is 5.94. The van der Waals surface area contributed by atoms with Crippen LogP contribution in [0.4, 0.5) is 5.69 Å². The average molecular weight is 270 g/mol. The minimum atomic E-state index is -0.996. The number of para-hydroxylation sites is 1. The maximum atomic E-state index is 11.0. The van der Waals surface area contributed by atoms with Gasteiger partial charge in [0.25, 0.3) is 0 Å². The van der Waals surface area contributed by atoms with Crippen LogP contribution in [0.5, 0.6) is 5.75 Å². The Hall–Kier alpha value is -2.82. The van der Waals surface area contributed by atoms with E-state index in [2.05, 4.69) is 10.5 Å². The van der Waals surface area contributed by atoms with Gasteiger partial charge in [-0.05, 0) is 29.8 Å². The molecule has 0 aliphatic rings. The molecule has 0 aliphatic heterocycles. The van der Waals surface area contributed by atoms with Crippen LogP contribution in [0.25, 0.3) is 0 Å². The zero-order chi connectivity index (χ0) is 14.4. The molecule has 2 rings (SSSR count). The van der Waals surface area contributed by atoms with E-state index >= 15 is 0 Å². The van der Waals surface area contributed by atoms with Gasteiger partial charge in [-0.3, -0.25) is 5.43 Å². The Kier molecular flexibility index (Phi) is 4.34. The van der Waals surface area contributed by atoms with Crippen molar-refractivity contribution in [3.63, 3.8) is 0 Å². The van der Waals surface area contributed by atoms with Crippen LogP contribution < -0.4 is 10.2 Å². The fraction of sp³-hybridized carbons (Fsp3) is 0.0667. The topological polar surface area (TPSA) is 70.9 Å². The Morgan fingerprint density at radius 2 is 2.05 bits per heavy atom. The van der Waals surface area contributed by atoms with Crippen LogP contribution in [0.1, 0.15) is 15.9 Å². The van der Waals surface area contributed by atoms with Crippen LogP contribution in [0.15, 0.2) is 53.6 Å². The number of nitrogens with zero attached hydrogens (tertiary/aromatic N) is 1. The third-order valence-corrected chi connectivity index (χ3v) is 2.65. The first-order chi connectivity index (χ1) is 9.70. The highest BCUT2D eigenvalue weighted by atomic mass is 16.5. The summed E-state index contributed by atoms with van der Waals surface area (Å²) in [6, 6.07) is 14.0. The number of ether oxygens (including phenoxy) is 1. The van der Waals surface area contributed by atoms with Crippen molar-refractivity contribution in [2.75, 3.05) is 12.5 Å².